The van der Waals surface area contributed by atoms with Crippen molar-refractivity contribution in [3.05, 3.63) is 27.7 Å². The molecule has 1 aliphatic rings. The van der Waals surface area contributed by atoms with Gasteiger partial charge in [-0.15, -0.1) is 0 Å². The standard InChI is InChI=1S/C14H20BrNO3S2/c1-10-6-11(8-17)7-12(13(10)15)21(18,19)16-9-14(2)4-3-5-20-14/h6-7,16-17H,3-5,8-9H2,1-2H3. The Balaban J connectivity index is 2.25. The molecule has 2 N–H and O–H groups in total. The van der Waals surface area contributed by atoms with Crippen molar-refractivity contribution in [3.63, 3.8) is 0 Å². The lowest BCUT2D eigenvalue weighted by Gasteiger charge is -2.23. The molecule has 1 unspecified atom stereocenters. The molecule has 0 bridgehead atoms. The molecule has 1 aromatic carbocycles. The van der Waals surface area contributed by atoms with Crippen LogP contribution in [0, 0.1) is 6.92 Å². The molecular weight excluding hydrogens is 374 g/mol. The highest BCUT2D eigenvalue weighted by Crippen LogP contribution is 2.37. The molecular formula is C14H20BrNO3S2. The zero-order valence-electron chi connectivity index (χ0n) is 12.1. The van der Waals surface area contributed by atoms with Gasteiger partial charge >= 0.3 is 0 Å². The number of aliphatic hydroxyl groups is 1. The summed E-state index contributed by atoms with van der Waals surface area (Å²) in [7, 11) is -3.59. The van der Waals surface area contributed by atoms with Crippen molar-refractivity contribution < 1.29 is 13.5 Å². The number of hydrogen-bond acceptors (Lipinski definition) is 4. The van der Waals surface area contributed by atoms with Crippen LogP contribution in [-0.2, 0) is 16.6 Å². The molecule has 1 aliphatic heterocycles. The Kier molecular flexibility index (Phi) is 5.41. The lowest BCUT2D eigenvalue weighted by molar-refractivity contribution is 0.281. The van der Waals surface area contributed by atoms with Crippen LogP contribution in [0.4, 0.5) is 0 Å². The maximum atomic E-state index is 12.5. The smallest absolute Gasteiger partial charge is 0.241 e. The van der Waals surface area contributed by atoms with Crippen LogP contribution in [0.15, 0.2) is 21.5 Å². The van der Waals surface area contributed by atoms with Crippen molar-refractivity contribution >= 4 is 37.7 Å². The van der Waals surface area contributed by atoms with E-state index in [0.717, 1.165) is 24.2 Å². The summed E-state index contributed by atoms with van der Waals surface area (Å²) in [6.45, 7) is 4.16. The largest absolute Gasteiger partial charge is 0.392 e. The number of benzene rings is 1. The molecule has 21 heavy (non-hydrogen) atoms. The fourth-order valence-electron chi connectivity index (χ4n) is 2.40. The van der Waals surface area contributed by atoms with Crippen molar-refractivity contribution in [1.82, 2.24) is 4.72 Å². The SMILES string of the molecule is Cc1cc(CO)cc(S(=O)(=O)NCC2(C)CCCS2)c1Br. The second-order valence-corrected chi connectivity index (χ2v) is 9.82. The molecule has 7 heteroatoms. The van der Waals surface area contributed by atoms with E-state index in [9.17, 15) is 13.5 Å². The Morgan fingerprint density at radius 3 is 2.76 bits per heavy atom. The summed E-state index contributed by atoms with van der Waals surface area (Å²) in [5, 5.41) is 9.25. The van der Waals surface area contributed by atoms with E-state index < -0.39 is 10.0 Å². The van der Waals surface area contributed by atoms with Crippen molar-refractivity contribution in [2.24, 2.45) is 0 Å². The third kappa shape index (κ3) is 4.01. The van der Waals surface area contributed by atoms with Crippen LogP contribution in [0.2, 0.25) is 0 Å². The third-order valence-electron chi connectivity index (χ3n) is 3.69. The zero-order valence-corrected chi connectivity index (χ0v) is 15.4. The van der Waals surface area contributed by atoms with Gasteiger partial charge in [0, 0.05) is 15.8 Å². The van der Waals surface area contributed by atoms with Gasteiger partial charge in [-0.3, -0.25) is 0 Å². The number of aryl methyl sites for hydroxylation is 1. The predicted octanol–water partition coefficient (Wildman–Crippen LogP) is 2.81. The third-order valence-corrected chi connectivity index (χ3v) is 7.97. The Morgan fingerprint density at radius 2 is 2.19 bits per heavy atom. The van der Waals surface area contributed by atoms with E-state index in [1.807, 2.05) is 18.7 Å². The van der Waals surface area contributed by atoms with Crippen LogP contribution in [0.25, 0.3) is 0 Å². The van der Waals surface area contributed by atoms with Crippen LogP contribution in [-0.4, -0.2) is 30.6 Å². The highest BCUT2D eigenvalue weighted by Gasteiger charge is 2.31. The maximum absolute atomic E-state index is 12.5. The van der Waals surface area contributed by atoms with Crippen molar-refractivity contribution in [2.75, 3.05) is 12.3 Å². The van der Waals surface area contributed by atoms with Crippen LogP contribution in [0.3, 0.4) is 0 Å². The van der Waals surface area contributed by atoms with Gasteiger partial charge in [0.2, 0.25) is 10.0 Å². The Labute approximate surface area is 138 Å². The van der Waals surface area contributed by atoms with Gasteiger partial charge in [-0.2, -0.15) is 11.8 Å². The Morgan fingerprint density at radius 1 is 1.48 bits per heavy atom. The Hall–Kier alpha value is -0.0800. The second kappa shape index (κ2) is 6.58. The lowest BCUT2D eigenvalue weighted by atomic mass is 10.1. The van der Waals surface area contributed by atoms with Gasteiger partial charge in [0.25, 0.3) is 0 Å². The molecule has 4 nitrogen and oxygen atoms in total. The highest BCUT2D eigenvalue weighted by atomic mass is 79.9. The molecule has 0 radical (unpaired) electrons. The number of halogens is 1. The first-order valence-corrected chi connectivity index (χ1v) is 10.1. The number of aliphatic hydroxyl groups excluding tert-OH is 1. The molecule has 0 spiro atoms. The van der Waals surface area contributed by atoms with E-state index in [4.69, 9.17) is 0 Å². The fraction of sp³-hybridized carbons (Fsp3) is 0.571. The first-order chi connectivity index (χ1) is 9.77. The van der Waals surface area contributed by atoms with Crippen molar-refractivity contribution in [1.29, 1.82) is 0 Å². The van der Waals surface area contributed by atoms with Crippen LogP contribution >= 0.6 is 27.7 Å². The quantitative estimate of drug-likeness (QED) is 0.806. The number of nitrogens with one attached hydrogen (secondary N) is 1. The predicted molar refractivity (Wildman–Crippen MR) is 90.1 cm³/mol. The van der Waals surface area contributed by atoms with Gasteiger partial charge in [-0.1, -0.05) is 6.07 Å². The number of sulfonamides is 1. The summed E-state index contributed by atoms with van der Waals surface area (Å²) in [6.07, 6.45) is 2.16. The van der Waals surface area contributed by atoms with Gasteiger partial charge in [0.1, 0.15) is 0 Å². The minimum absolute atomic E-state index is 0.0246. The van der Waals surface area contributed by atoms with Gasteiger partial charge in [0.05, 0.1) is 11.5 Å². The number of hydrogen-bond donors (Lipinski definition) is 2. The molecule has 0 aliphatic carbocycles. The molecule has 1 fully saturated rings. The topological polar surface area (TPSA) is 66.4 Å². The monoisotopic (exact) mass is 393 g/mol. The summed E-state index contributed by atoms with van der Waals surface area (Å²) in [5.74, 6) is 1.08. The van der Waals surface area contributed by atoms with E-state index in [0.29, 0.717) is 16.6 Å². The number of thioether (sulfide) groups is 1. The van der Waals surface area contributed by atoms with E-state index in [-0.39, 0.29) is 16.2 Å². The van der Waals surface area contributed by atoms with Crippen LogP contribution < -0.4 is 4.72 Å². The minimum Gasteiger partial charge on any atom is -0.392 e. The summed E-state index contributed by atoms with van der Waals surface area (Å²) < 4.78 is 28.3. The van der Waals surface area contributed by atoms with Crippen molar-refractivity contribution in [3.8, 4) is 0 Å². The number of rotatable bonds is 5. The normalized spacial score (nSPS) is 22.7. The van der Waals surface area contributed by atoms with E-state index in [1.54, 1.807) is 6.07 Å². The highest BCUT2D eigenvalue weighted by molar-refractivity contribution is 9.10. The molecule has 1 saturated heterocycles. The molecule has 2 rings (SSSR count). The first kappa shape index (κ1) is 17.3. The van der Waals surface area contributed by atoms with Crippen LogP contribution in [0.1, 0.15) is 30.9 Å². The average Bonchev–Trinajstić information content (AvgIpc) is 2.87. The average molecular weight is 394 g/mol. The van der Waals surface area contributed by atoms with E-state index >= 15 is 0 Å². The first-order valence-electron chi connectivity index (χ1n) is 6.81. The molecule has 0 saturated carbocycles. The molecule has 1 aromatic rings. The van der Waals surface area contributed by atoms with Gasteiger partial charge in [0.15, 0.2) is 0 Å². The zero-order chi connectivity index (χ0) is 15.7. The molecule has 118 valence electrons. The van der Waals surface area contributed by atoms with Crippen LogP contribution in [0.5, 0.6) is 0 Å². The lowest BCUT2D eigenvalue weighted by Crippen LogP contribution is -2.36. The summed E-state index contributed by atoms with van der Waals surface area (Å²) >= 11 is 5.16. The molecule has 1 atom stereocenters. The summed E-state index contributed by atoms with van der Waals surface area (Å²) in [6, 6.07) is 3.29. The molecule has 0 aromatic heterocycles. The van der Waals surface area contributed by atoms with Gasteiger partial charge in [-0.05, 0) is 65.6 Å². The van der Waals surface area contributed by atoms with E-state index in [1.165, 1.54) is 6.07 Å². The molecule has 0 amide bonds. The van der Waals surface area contributed by atoms with Gasteiger partial charge in [-0.25, -0.2) is 13.1 Å². The Bertz CT molecular complexity index is 625. The second-order valence-electron chi connectivity index (χ2n) is 5.61. The van der Waals surface area contributed by atoms with Gasteiger partial charge < -0.3 is 5.11 Å². The molecule has 1 heterocycles. The van der Waals surface area contributed by atoms with Crippen molar-refractivity contribution in [2.45, 2.75) is 42.9 Å². The maximum Gasteiger partial charge on any atom is 0.241 e. The fourth-order valence-corrected chi connectivity index (χ4v) is 5.97. The minimum atomic E-state index is -3.59. The summed E-state index contributed by atoms with van der Waals surface area (Å²) in [4.78, 5) is 0.193. The van der Waals surface area contributed by atoms with E-state index in [2.05, 4.69) is 27.6 Å². The summed E-state index contributed by atoms with van der Waals surface area (Å²) in [5.41, 5.74) is 1.39.